The molecule has 0 aliphatic carbocycles. The normalized spacial score (nSPS) is 10.4. The van der Waals surface area contributed by atoms with Crippen molar-refractivity contribution in [2.45, 2.75) is 6.61 Å². The standard InChI is InChI=1S/C9H14N2O4S/c1-13-3-4-15-5-6-11-7(8(10)16-6)9(12)14-2/h3-5,10H2,1-2H3. The minimum absolute atomic E-state index is 0.151. The van der Waals surface area contributed by atoms with Crippen molar-refractivity contribution >= 4 is 22.3 Å². The smallest absolute Gasteiger partial charge is 0.359 e. The largest absolute Gasteiger partial charge is 0.464 e. The van der Waals surface area contributed by atoms with Crippen LogP contribution in [0.25, 0.3) is 0 Å². The third-order valence-electron chi connectivity index (χ3n) is 1.73. The molecule has 0 saturated heterocycles. The van der Waals surface area contributed by atoms with Gasteiger partial charge in [0.05, 0.1) is 26.9 Å². The van der Waals surface area contributed by atoms with E-state index in [0.717, 1.165) is 0 Å². The van der Waals surface area contributed by atoms with Gasteiger partial charge in [0.25, 0.3) is 0 Å². The van der Waals surface area contributed by atoms with E-state index in [1.807, 2.05) is 0 Å². The van der Waals surface area contributed by atoms with E-state index in [9.17, 15) is 4.79 Å². The molecule has 1 heterocycles. The molecule has 0 radical (unpaired) electrons. The number of thiazole rings is 1. The summed E-state index contributed by atoms with van der Waals surface area (Å²) in [5.41, 5.74) is 5.77. The second-order valence-corrected chi connectivity index (χ2v) is 3.97. The summed E-state index contributed by atoms with van der Waals surface area (Å²) in [5.74, 6) is -0.531. The van der Waals surface area contributed by atoms with Crippen molar-refractivity contribution in [2.75, 3.05) is 33.2 Å². The molecular weight excluding hydrogens is 232 g/mol. The van der Waals surface area contributed by atoms with Gasteiger partial charge in [-0.3, -0.25) is 0 Å². The minimum atomic E-state index is -0.531. The summed E-state index contributed by atoms with van der Waals surface area (Å²) in [4.78, 5) is 15.2. The van der Waals surface area contributed by atoms with Crippen molar-refractivity contribution in [3.8, 4) is 0 Å². The predicted octanol–water partition coefficient (Wildman–Crippen LogP) is 0.675. The van der Waals surface area contributed by atoms with E-state index in [2.05, 4.69) is 9.72 Å². The summed E-state index contributed by atoms with van der Waals surface area (Å²) >= 11 is 1.22. The highest BCUT2D eigenvalue weighted by atomic mass is 32.1. The fraction of sp³-hybridized carbons (Fsp3) is 0.556. The van der Waals surface area contributed by atoms with Crippen LogP contribution < -0.4 is 5.73 Å². The van der Waals surface area contributed by atoms with Gasteiger partial charge >= 0.3 is 5.97 Å². The number of nitrogen functional groups attached to an aromatic ring is 1. The summed E-state index contributed by atoms with van der Waals surface area (Å²) in [7, 11) is 2.88. The predicted molar refractivity (Wildman–Crippen MR) is 59.4 cm³/mol. The zero-order chi connectivity index (χ0) is 12.0. The summed E-state index contributed by atoms with van der Waals surface area (Å²) in [6, 6.07) is 0. The number of esters is 1. The number of aromatic nitrogens is 1. The Kier molecular flexibility index (Phi) is 5.17. The lowest BCUT2D eigenvalue weighted by Gasteiger charge is -1.99. The number of nitrogens with two attached hydrogens (primary N) is 1. The topological polar surface area (TPSA) is 83.7 Å². The van der Waals surface area contributed by atoms with E-state index in [1.165, 1.54) is 18.4 Å². The molecule has 7 heteroatoms. The average Bonchev–Trinajstić information content (AvgIpc) is 2.65. The molecule has 16 heavy (non-hydrogen) atoms. The van der Waals surface area contributed by atoms with Crippen molar-refractivity contribution in [1.29, 1.82) is 0 Å². The van der Waals surface area contributed by atoms with Gasteiger partial charge in [0.2, 0.25) is 0 Å². The molecular formula is C9H14N2O4S. The zero-order valence-electron chi connectivity index (χ0n) is 9.19. The van der Waals surface area contributed by atoms with Crippen LogP contribution in [-0.4, -0.2) is 38.4 Å². The van der Waals surface area contributed by atoms with Gasteiger partial charge in [-0.2, -0.15) is 0 Å². The van der Waals surface area contributed by atoms with Crippen LogP contribution >= 0.6 is 11.3 Å². The molecule has 1 aromatic heterocycles. The van der Waals surface area contributed by atoms with Crippen LogP contribution in [0.4, 0.5) is 5.00 Å². The molecule has 0 amide bonds. The van der Waals surface area contributed by atoms with Crippen LogP contribution in [0.1, 0.15) is 15.5 Å². The first kappa shape index (κ1) is 12.9. The quantitative estimate of drug-likeness (QED) is 0.587. The summed E-state index contributed by atoms with van der Waals surface area (Å²) in [6.45, 7) is 1.31. The maximum Gasteiger partial charge on any atom is 0.359 e. The maximum atomic E-state index is 11.2. The Hall–Kier alpha value is -1.18. The molecule has 0 bridgehead atoms. The maximum absolute atomic E-state index is 11.2. The van der Waals surface area contributed by atoms with E-state index >= 15 is 0 Å². The first-order valence-electron chi connectivity index (χ1n) is 4.59. The van der Waals surface area contributed by atoms with Gasteiger partial charge in [0, 0.05) is 7.11 Å². The number of ether oxygens (including phenoxy) is 3. The Morgan fingerprint density at radius 1 is 1.44 bits per heavy atom. The molecule has 0 spiro atoms. The SMILES string of the molecule is COCCOCc1nc(C(=O)OC)c(N)s1. The van der Waals surface area contributed by atoms with Gasteiger partial charge in [-0.25, -0.2) is 9.78 Å². The lowest BCUT2D eigenvalue weighted by Crippen LogP contribution is -2.05. The number of carbonyl (C=O) groups excluding carboxylic acids is 1. The molecule has 90 valence electrons. The molecule has 0 atom stereocenters. The van der Waals surface area contributed by atoms with Crippen LogP contribution in [0.15, 0.2) is 0 Å². The van der Waals surface area contributed by atoms with Crippen LogP contribution in [0.3, 0.4) is 0 Å². The van der Waals surface area contributed by atoms with Gasteiger partial charge < -0.3 is 19.9 Å². The molecule has 0 aliphatic rings. The summed E-state index contributed by atoms with van der Waals surface area (Å²) < 4.78 is 14.6. The third-order valence-corrected chi connectivity index (χ3v) is 2.59. The Morgan fingerprint density at radius 3 is 2.81 bits per heavy atom. The fourth-order valence-electron chi connectivity index (χ4n) is 0.984. The number of rotatable bonds is 6. The number of hydrogen-bond donors (Lipinski definition) is 1. The van der Waals surface area contributed by atoms with E-state index in [-0.39, 0.29) is 5.69 Å². The Bertz CT molecular complexity index is 353. The van der Waals surface area contributed by atoms with Crippen LogP contribution in [0.2, 0.25) is 0 Å². The minimum Gasteiger partial charge on any atom is -0.464 e. The highest BCUT2D eigenvalue weighted by Crippen LogP contribution is 2.22. The van der Waals surface area contributed by atoms with Crippen LogP contribution in [0.5, 0.6) is 0 Å². The molecule has 0 aromatic carbocycles. The molecule has 2 N–H and O–H groups in total. The van der Waals surface area contributed by atoms with E-state index in [0.29, 0.717) is 29.8 Å². The number of methoxy groups -OCH3 is 2. The van der Waals surface area contributed by atoms with Crippen LogP contribution in [0, 0.1) is 0 Å². The monoisotopic (exact) mass is 246 g/mol. The zero-order valence-corrected chi connectivity index (χ0v) is 10.0. The van der Waals surface area contributed by atoms with Crippen molar-refractivity contribution in [2.24, 2.45) is 0 Å². The van der Waals surface area contributed by atoms with E-state index < -0.39 is 5.97 Å². The Labute approximate surface area is 97.3 Å². The average molecular weight is 246 g/mol. The Morgan fingerprint density at radius 2 is 2.19 bits per heavy atom. The van der Waals surface area contributed by atoms with Gasteiger partial charge in [-0.05, 0) is 0 Å². The molecule has 6 nitrogen and oxygen atoms in total. The first-order chi connectivity index (χ1) is 7.69. The van der Waals surface area contributed by atoms with Crippen LogP contribution in [-0.2, 0) is 20.8 Å². The van der Waals surface area contributed by atoms with Crippen molar-refractivity contribution < 1.29 is 19.0 Å². The fourth-order valence-corrected chi connectivity index (χ4v) is 1.74. The summed E-state index contributed by atoms with van der Waals surface area (Å²) in [5, 5.41) is 0.992. The molecule has 1 aromatic rings. The lowest BCUT2D eigenvalue weighted by atomic mass is 10.5. The number of carbonyl (C=O) groups is 1. The molecule has 0 saturated carbocycles. The second-order valence-electron chi connectivity index (χ2n) is 2.86. The molecule has 0 aliphatic heterocycles. The number of anilines is 1. The third kappa shape index (κ3) is 3.44. The van der Waals surface area contributed by atoms with E-state index in [1.54, 1.807) is 7.11 Å². The Balaban J connectivity index is 2.52. The van der Waals surface area contributed by atoms with E-state index in [4.69, 9.17) is 15.2 Å². The second kappa shape index (κ2) is 6.41. The lowest BCUT2D eigenvalue weighted by molar-refractivity contribution is 0.0583. The number of nitrogens with zero attached hydrogens (tertiary/aromatic N) is 1. The molecule has 1 rings (SSSR count). The van der Waals surface area contributed by atoms with Gasteiger partial charge in [0.1, 0.15) is 10.0 Å². The van der Waals surface area contributed by atoms with Gasteiger partial charge in [-0.15, -0.1) is 0 Å². The highest BCUT2D eigenvalue weighted by Gasteiger charge is 2.16. The van der Waals surface area contributed by atoms with Gasteiger partial charge in [-0.1, -0.05) is 11.3 Å². The highest BCUT2D eigenvalue weighted by molar-refractivity contribution is 7.15. The van der Waals surface area contributed by atoms with Crippen molar-refractivity contribution in [3.05, 3.63) is 10.7 Å². The first-order valence-corrected chi connectivity index (χ1v) is 5.40. The van der Waals surface area contributed by atoms with Gasteiger partial charge in [0.15, 0.2) is 5.69 Å². The van der Waals surface area contributed by atoms with Crippen molar-refractivity contribution in [3.63, 3.8) is 0 Å². The number of hydrogen-bond acceptors (Lipinski definition) is 7. The van der Waals surface area contributed by atoms with Crippen molar-refractivity contribution in [1.82, 2.24) is 4.98 Å². The summed E-state index contributed by atoms with van der Waals surface area (Å²) in [6.07, 6.45) is 0. The molecule has 0 unspecified atom stereocenters. The molecule has 0 fully saturated rings.